The van der Waals surface area contributed by atoms with Crippen LogP contribution in [-0.4, -0.2) is 19.6 Å². The zero-order valence-corrected chi connectivity index (χ0v) is 14.2. The van der Waals surface area contributed by atoms with E-state index in [1.54, 1.807) is 12.1 Å². The van der Waals surface area contributed by atoms with Crippen LogP contribution in [0.1, 0.15) is 37.3 Å². The van der Waals surface area contributed by atoms with Crippen LogP contribution < -0.4 is 4.74 Å². The van der Waals surface area contributed by atoms with Crippen molar-refractivity contribution in [3.8, 4) is 5.75 Å². The Kier molecular flexibility index (Phi) is 5.80. The predicted octanol–water partition coefficient (Wildman–Crippen LogP) is 3.73. The molecule has 124 valence electrons. The zero-order chi connectivity index (χ0) is 16.9. The van der Waals surface area contributed by atoms with E-state index in [9.17, 15) is 13.0 Å². The minimum absolute atomic E-state index is 0.206. The molecule has 0 saturated carbocycles. The van der Waals surface area contributed by atoms with Crippen LogP contribution in [0.4, 0.5) is 0 Å². The molecule has 2 rings (SSSR count). The monoisotopic (exact) mass is 333 g/mol. The summed E-state index contributed by atoms with van der Waals surface area (Å²) < 4.78 is 38.3. The van der Waals surface area contributed by atoms with Crippen LogP contribution in [0.15, 0.2) is 53.4 Å². The second-order valence-corrected chi connectivity index (χ2v) is 6.95. The van der Waals surface area contributed by atoms with Gasteiger partial charge < -0.3 is 9.29 Å². The quantitative estimate of drug-likeness (QED) is 0.724. The lowest BCUT2D eigenvalue weighted by Crippen LogP contribution is -2.03. The highest BCUT2D eigenvalue weighted by Gasteiger charge is 2.04. The first-order valence-corrected chi connectivity index (χ1v) is 9.08. The Morgan fingerprint density at radius 3 is 2.17 bits per heavy atom. The first-order valence-electron chi connectivity index (χ1n) is 7.67. The highest BCUT2D eigenvalue weighted by molar-refractivity contribution is 7.85. The summed E-state index contributed by atoms with van der Waals surface area (Å²) >= 11 is 0. The van der Waals surface area contributed by atoms with E-state index in [0.29, 0.717) is 18.9 Å². The van der Waals surface area contributed by atoms with E-state index < -0.39 is 10.1 Å². The van der Waals surface area contributed by atoms with Gasteiger partial charge in [-0.25, -0.2) is 8.42 Å². The van der Waals surface area contributed by atoms with Crippen molar-refractivity contribution >= 4 is 10.1 Å². The Bertz CT molecular complexity index is 719. The maximum absolute atomic E-state index is 10.9. The largest absolute Gasteiger partial charge is 0.744 e. The van der Waals surface area contributed by atoms with Crippen LogP contribution in [0.25, 0.3) is 0 Å². The van der Waals surface area contributed by atoms with E-state index in [-0.39, 0.29) is 4.90 Å². The fourth-order valence-electron chi connectivity index (χ4n) is 2.24. The third kappa shape index (κ3) is 5.08. The van der Waals surface area contributed by atoms with Gasteiger partial charge >= 0.3 is 0 Å². The standard InChI is InChI=1S/C18H22O4S/c1-3-14(2)16-6-8-17(9-7-16)22-13-12-15-4-10-18(11-5-15)23(19,20)21/h4-11,14H,3,12-13H2,1-2H3,(H,19,20,21)/p-1. The van der Waals surface area contributed by atoms with Crippen molar-refractivity contribution in [2.75, 3.05) is 6.61 Å². The van der Waals surface area contributed by atoms with Gasteiger partial charge in [0.05, 0.1) is 11.5 Å². The fourth-order valence-corrected chi connectivity index (χ4v) is 2.71. The highest BCUT2D eigenvalue weighted by Crippen LogP contribution is 2.21. The average Bonchev–Trinajstić information content (AvgIpc) is 2.54. The summed E-state index contributed by atoms with van der Waals surface area (Å²) in [6.07, 6.45) is 1.75. The smallest absolute Gasteiger partial charge is 0.124 e. The van der Waals surface area contributed by atoms with Crippen LogP contribution in [0.5, 0.6) is 5.75 Å². The third-order valence-corrected chi connectivity index (χ3v) is 4.78. The molecule has 23 heavy (non-hydrogen) atoms. The Morgan fingerprint density at radius 1 is 1.04 bits per heavy atom. The first-order chi connectivity index (χ1) is 10.9. The van der Waals surface area contributed by atoms with Crippen LogP contribution in [-0.2, 0) is 16.5 Å². The molecule has 0 heterocycles. The average molecular weight is 333 g/mol. The van der Waals surface area contributed by atoms with Crippen molar-refractivity contribution in [3.63, 3.8) is 0 Å². The molecule has 2 aromatic carbocycles. The molecule has 2 aromatic rings. The Morgan fingerprint density at radius 2 is 1.65 bits per heavy atom. The van der Waals surface area contributed by atoms with E-state index in [1.165, 1.54) is 17.7 Å². The fraction of sp³-hybridized carbons (Fsp3) is 0.333. The molecular formula is C18H21O4S-. The summed E-state index contributed by atoms with van der Waals surface area (Å²) in [5, 5.41) is 0. The van der Waals surface area contributed by atoms with Crippen molar-refractivity contribution in [2.24, 2.45) is 0 Å². The van der Waals surface area contributed by atoms with Gasteiger partial charge in [-0.2, -0.15) is 0 Å². The van der Waals surface area contributed by atoms with Crippen molar-refractivity contribution in [2.45, 2.75) is 37.5 Å². The van der Waals surface area contributed by atoms with Gasteiger partial charge in [0.2, 0.25) is 0 Å². The first kappa shape index (κ1) is 17.5. The van der Waals surface area contributed by atoms with Gasteiger partial charge in [-0.3, -0.25) is 0 Å². The second-order valence-electron chi connectivity index (χ2n) is 5.57. The Labute approximate surface area is 137 Å². The molecule has 0 fully saturated rings. The molecule has 0 bridgehead atoms. The highest BCUT2D eigenvalue weighted by atomic mass is 32.2. The Hall–Kier alpha value is -1.85. The summed E-state index contributed by atoms with van der Waals surface area (Å²) in [6, 6.07) is 14.0. The number of hydrogen-bond donors (Lipinski definition) is 0. The number of hydrogen-bond acceptors (Lipinski definition) is 4. The molecule has 0 aliphatic carbocycles. The lowest BCUT2D eigenvalue weighted by molar-refractivity contribution is 0.322. The van der Waals surface area contributed by atoms with Crippen molar-refractivity contribution in [3.05, 3.63) is 59.7 Å². The van der Waals surface area contributed by atoms with E-state index in [0.717, 1.165) is 17.7 Å². The molecule has 4 nitrogen and oxygen atoms in total. The second kappa shape index (κ2) is 7.62. The van der Waals surface area contributed by atoms with Crippen molar-refractivity contribution in [1.29, 1.82) is 0 Å². The van der Waals surface area contributed by atoms with E-state index in [1.807, 2.05) is 12.1 Å². The molecule has 0 N–H and O–H groups in total. The Balaban J connectivity index is 1.87. The van der Waals surface area contributed by atoms with Gasteiger partial charge in [0.25, 0.3) is 0 Å². The predicted molar refractivity (Wildman–Crippen MR) is 88.8 cm³/mol. The normalized spacial score (nSPS) is 12.8. The molecule has 5 heteroatoms. The molecule has 0 saturated heterocycles. The van der Waals surface area contributed by atoms with Gasteiger partial charge in [-0.05, 0) is 47.7 Å². The third-order valence-electron chi connectivity index (χ3n) is 3.93. The zero-order valence-electron chi connectivity index (χ0n) is 13.4. The molecule has 0 aliphatic heterocycles. The van der Waals surface area contributed by atoms with Crippen molar-refractivity contribution < 1.29 is 17.7 Å². The molecular weight excluding hydrogens is 312 g/mol. The van der Waals surface area contributed by atoms with Gasteiger partial charge in [0.15, 0.2) is 0 Å². The van der Waals surface area contributed by atoms with Gasteiger partial charge in [0, 0.05) is 6.42 Å². The summed E-state index contributed by atoms with van der Waals surface area (Å²) in [5.41, 5.74) is 2.22. The van der Waals surface area contributed by atoms with Crippen LogP contribution >= 0.6 is 0 Å². The molecule has 1 unspecified atom stereocenters. The van der Waals surface area contributed by atoms with Gasteiger partial charge in [-0.1, -0.05) is 38.1 Å². The van der Waals surface area contributed by atoms with E-state index in [2.05, 4.69) is 26.0 Å². The molecule has 0 spiro atoms. The summed E-state index contributed by atoms with van der Waals surface area (Å²) in [4.78, 5) is -0.206. The number of ether oxygens (including phenoxy) is 1. The summed E-state index contributed by atoms with van der Waals surface area (Å²) in [5.74, 6) is 1.36. The minimum Gasteiger partial charge on any atom is -0.744 e. The molecule has 0 aromatic heterocycles. The van der Waals surface area contributed by atoms with Gasteiger partial charge in [-0.15, -0.1) is 0 Å². The molecule has 0 aliphatic rings. The van der Waals surface area contributed by atoms with E-state index >= 15 is 0 Å². The van der Waals surface area contributed by atoms with Crippen LogP contribution in [0, 0.1) is 0 Å². The SMILES string of the molecule is CCC(C)c1ccc(OCCc2ccc(S(=O)(=O)[O-])cc2)cc1. The van der Waals surface area contributed by atoms with Crippen molar-refractivity contribution in [1.82, 2.24) is 0 Å². The summed E-state index contributed by atoms with van der Waals surface area (Å²) in [6.45, 7) is 4.85. The van der Waals surface area contributed by atoms with Gasteiger partial charge in [0.1, 0.15) is 15.9 Å². The minimum atomic E-state index is -4.38. The number of benzene rings is 2. The number of rotatable bonds is 7. The van der Waals surface area contributed by atoms with E-state index in [4.69, 9.17) is 4.74 Å². The topological polar surface area (TPSA) is 66.4 Å². The van der Waals surface area contributed by atoms with Crippen LogP contribution in [0.2, 0.25) is 0 Å². The molecule has 0 amide bonds. The molecule has 1 atom stereocenters. The lowest BCUT2D eigenvalue weighted by Gasteiger charge is -2.11. The maximum Gasteiger partial charge on any atom is 0.124 e. The molecule has 0 radical (unpaired) electrons. The maximum atomic E-state index is 10.9. The van der Waals surface area contributed by atoms with Crippen LogP contribution in [0.3, 0.4) is 0 Å². The summed E-state index contributed by atoms with van der Waals surface area (Å²) in [7, 11) is -4.38. The lowest BCUT2D eigenvalue weighted by atomic mass is 9.99.